The van der Waals surface area contributed by atoms with Crippen molar-refractivity contribution in [1.29, 1.82) is 0 Å². The highest BCUT2D eigenvalue weighted by Gasteiger charge is 2.35. The number of H-pyrrole nitrogens is 1. The van der Waals surface area contributed by atoms with E-state index in [1.165, 1.54) is 4.31 Å². The topological polar surface area (TPSA) is 98.8 Å². The number of carbonyl (C=O) groups excluding carboxylic acids is 1. The van der Waals surface area contributed by atoms with Crippen LogP contribution in [0.2, 0.25) is 0 Å². The Morgan fingerprint density at radius 2 is 1.80 bits per heavy atom. The highest BCUT2D eigenvalue weighted by Crippen LogP contribution is 2.27. The number of aromatic nitrogens is 2. The lowest BCUT2D eigenvalue weighted by Crippen LogP contribution is -2.47. The molecule has 1 unspecified atom stereocenters. The average molecular weight is 498 g/mol. The number of nitrogens with one attached hydrogen (secondary N) is 1. The molecule has 0 bridgehead atoms. The number of piperidine rings is 1. The zero-order valence-electron chi connectivity index (χ0n) is 19.9. The lowest BCUT2D eigenvalue weighted by Gasteiger charge is -2.34. The molecular weight excluding hydrogens is 466 g/mol. The van der Waals surface area contributed by atoms with Crippen LogP contribution in [0.4, 0.5) is 5.95 Å². The van der Waals surface area contributed by atoms with Gasteiger partial charge in [-0.1, -0.05) is 12.1 Å². The number of methoxy groups -OCH3 is 1. The molecule has 0 radical (unpaired) electrons. The predicted octanol–water partition coefficient (Wildman–Crippen LogP) is 2.71. The summed E-state index contributed by atoms with van der Waals surface area (Å²) in [5.74, 6) is 1.16. The van der Waals surface area contributed by atoms with Gasteiger partial charge in [-0.05, 0) is 55.7 Å². The Hall–Kier alpha value is -3.11. The van der Waals surface area contributed by atoms with E-state index < -0.39 is 10.0 Å². The number of hydrogen-bond donors (Lipinski definition) is 1. The third-order valence-corrected chi connectivity index (χ3v) is 8.79. The molecule has 1 atom stereocenters. The van der Waals surface area contributed by atoms with Crippen molar-refractivity contribution in [3.63, 3.8) is 0 Å². The minimum atomic E-state index is -3.66. The lowest BCUT2D eigenvalue weighted by atomic mass is 9.98. The molecule has 1 aromatic heterocycles. The number of fused-ring (bicyclic) bond motifs is 1. The summed E-state index contributed by atoms with van der Waals surface area (Å²) in [7, 11) is -2.12. The molecule has 2 aliphatic heterocycles. The van der Waals surface area contributed by atoms with E-state index in [0.29, 0.717) is 44.8 Å². The second-order valence-corrected chi connectivity index (χ2v) is 11.1. The molecule has 0 aliphatic carbocycles. The van der Waals surface area contributed by atoms with Crippen LogP contribution in [0.15, 0.2) is 53.4 Å². The van der Waals surface area contributed by atoms with Crippen molar-refractivity contribution in [1.82, 2.24) is 19.2 Å². The van der Waals surface area contributed by atoms with E-state index in [4.69, 9.17) is 9.72 Å². The van der Waals surface area contributed by atoms with Gasteiger partial charge in [0, 0.05) is 39.3 Å². The molecule has 0 saturated carbocycles. The number of ether oxygens (including phenoxy) is 1. The van der Waals surface area contributed by atoms with Crippen LogP contribution < -0.4 is 9.64 Å². The summed E-state index contributed by atoms with van der Waals surface area (Å²) in [6, 6.07) is 14.3. The average Bonchev–Trinajstić information content (AvgIpc) is 3.18. The van der Waals surface area contributed by atoms with E-state index >= 15 is 0 Å². The van der Waals surface area contributed by atoms with Gasteiger partial charge in [-0.25, -0.2) is 13.4 Å². The second kappa shape index (κ2) is 9.87. The molecule has 1 amide bonds. The first-order chi connectivity index (χ1) is 17.0. The third-order valence-electron chi connectivity index (χ3n) is 6.91. The van der Waals surface area contributed by atoms with Gasteiger partial charge in [-0.15, -0.1) is 0 Å². The van der Waals surface area contributed by atoms with Gasteiger partial charge < -0.3 is 19.5 Å². The molecule has 2 fully saturated rings. The first-order valence-corrected chi connectivity index (χ1v) is 13.5. The number of carbonyl (C=O) groups is 1. The highest BCUT2D eigenvalue weighted by molar-refractivity contribution is 7.89. The molecule has 10 heteroatoms. The number of imidazole rings is 1. The highest BCUT2D eigenvalue weighted by atomic mass is 32.2. The van der Waals surface area contributed by atoms with Crippen LogP contribution in [-0.4, -0.2) is 79.9 Å². The number of anilines is 1. The van der Waals surface area contributed by atoms with E-state index in [1.54, 1.807) is 31.4 Å². The Bertz CT molecular complexity index is 1260. The fraction of sp³-hybridized carbons (Fsp3) is 0.440. The molecular formula is C25H31N5O4S. The summed E-state index contributed by atoms with van der Waals surface area (Å²) in [6.45, 7) is 3.41. The summed E-state index contributed by atoms with van der Waals surface area (Å²) < 4.78 is 33.0. The van der Waals surface area contributed by atoms with Crippen LogP contribution in [0.5, 0.6) is 5.75 Å². The zero-order valence-corrected chi connectivity index (χ0v) is 20.7. The van der Waals surface area contributed by atoms with E-state index in [2.05, 4.69) is 9.88 Å². The summed E-state index contributed by atoms with van der Waals surface area (Å²) in [6.07, 6.45) is 2.21. The van der Waals surface area contributed by atoms with Crippen molar-refractivity contribution in [3.05, 3.63) is 48.5 Å². The standard InChI is InChI=1S/C25H31N5O4S/c1-34-20-9-11-21(12-10-20)35(32,33)30-15-4-6-19(18-30)24(31)28-13-5-14-29(17-16-28)25-26-22-7-2-3-8-23(22)27-25/h2-3,7-12,19H,4-6,13-18H2,1H3,(H,26,27). The van der Waals surface area contributed by atoms with E-state index in [0.717, 1.165) is 29.9 Å². The Balaban J connectivity index is 1.24. The summed E-state index contributed by atoms with van der Waals surface area (Å²) >= 11 is 0. The van der Waals surface area contributed by atoms with E-state index in [-0.39, 0.29) is 23.3 Å². The molecule has 2 aromatic carbocycles. The van der Waals surface area contributed by atoms with Crippen molar-refractivity contribution >= 4 is 32.9 Å². The van der Waals surface area contributed by atoms with Crippen molar-refractivity contribution in [3.8, 4) is 5.75 Å². The summed E-state index contributed by atoms with van der Waals surface area (Å²) in [5, 5.41) is 0. The van der Waals surface area contributed by atoms with Gasteiger partial charge in [0.1, 0.15) is 5.75 Å². The van der Waals surface area contributed by atoms with E-state index in [1.807, 2.05) is 29.2 Å². The molecule has 3 heterocycles. The van der Waals surface area contributed by atoms with Crippen LogP contribution >= 0.6 is 0 Å². The largest absolute Gasteiger partial charge is 0.497 e. The predicted molar refractivity (Wildman–Crippen MR) is 134 cm³/mol. The van der Waals surface area contributed by atoms with Gasteiger partial charge >= 0.3 is 0 Å². The lowest BCUT2D eigenvalue weighted by molar-refractivity contribution is -0.136. The quantitative estimate of drug-likeness (QED) is 0.582. The zero-order chi connectivity index (χ0) is 24.4. The molecule has 0 spiro atoms. The molecule has 5 rings (SSSR count). The maximum absolute atomic E-state index is 13.4. The Labute approximate surface area is 205 Å². The Morgan fingerprint density at radius 1 is 1.00 bits per heavy atom. The van der Waals surface area contributed by atoms with E-state index in [9.17, 15) is 13.2 Å². The monoisotopic (exact) mass is 497 g/mol. The maximum atomic E-state index is 13.4. The number of sulfonamides is 1. The number of aromatic amines is 1. The van der Waals surface area contributed by atoms with Gasteiger partial charge in [0.05, 0.1) is 29.0 Å². The first-order valence-electron chi connectivity index (χ1n) is 12.1. The fourth-order valence-electron chi connectivity index (χ4n) is 4.96. The minimum absolute atomic E-state index is 0.0473. The van der Waals surface area contributed by atoms with Crippen LogP contribution in [0, 0.1) is 5.92 Å². The first kappa shape index (κ1) is 23.6. The molecule has 9 nitrogen and oxygen atoms in total. The summed E-state index contributed by atoms with van der Waals surface area (Å²) in [4.78, 5) is 25.8. The van der Waals surface area contributed by atoms with Gasteiger partial charge in [0.2, 0.25) is 21.9 Å². The van der Waals surface area contributed by atoms with Crippen molar-refractivity contribution in [2.24, 2.45) is 5.92 Å². The Morgan fingerprint density at radius 3 is 2.57 bits per heavy atom. The number of rotatable bonds is 5. The molecule has 3 aromatic rings. The van der Waals surface area contributed by atoms with Crippen LogP contribution in [-0.2, 0) is 14.8 Å². The normalized spacial score (nSPS) is 20.1. The molecule has 1 N–H and O–H groups in total. The van der Waals surface area contributed by atoms with Crippen molar-refractivity contribution < 1.29 is 17.9 Å². The molecule has 186 valence electrons. The van der Waals surface area contributed by atoms with Crippen LogP contribution in [0.1, 0.15) is 19.3 Å². The number of amides is 1. The molecule has 2 saturated heterocycles. The minimum Gasteiger partial charge on any atom is -0.497 e. The molecule has 2 aliphatic rings. The molecule has 35 heavy (non-hydrogen) atoms. The number of nitrogens with zero attached hydrogens (tertiary/aromatic N) is 4. The van der Waals surface area contributed by atoms with Crippen molar-refractivity contribution in [2.45, 2.75) is 24.2 Å². The SMILES string of the molecule is COc1ccc(S(=O)(=O)N2CCCC(C(=O)N3CCCN(c4nc5ccccc5[nH]4)CC3)C2)cc1. The Kier molecular flexibility index (Phi) is 6.66. The van der Waals surface area contributed by atoms with Gasteiger partial charge in [-0.3, -0.25) is 4.79 Å². The summed E-state index contributed by atoms with van der Waals surface area (Å²) in [5.41, 5.74) is 1.93. The van der Waals surface area contributed by atoms with Crippen LogP contribution in [0.3, 0.4) is 0 Å². The fourth-order valence-corrected chi connectivity index (χ4v) is 6.48. The van der Waals surface area contributed by atoms with Crippen molar-refractivity contribution in [2.75, 3.05) is 51.3 Å². The van der Waals surface area contributed by atoms with Crippen LogP contribution in [0.25, 0.3) is 11.0 Å². The second-order valence-electron chi connectivity index (χ2n) is 9.12. The number of hydrogen-bond acceptors (Lipinski definition) is 6. The third kappa shape index (κ3) is 4.85. The van der Waals surface area contributed by atoms with Gasteiger partial charge in [-0.2, -0.15) is 4.31 Å². The smallest absolute Gasteiger partial charge is 0.243 e. The van der Waals surface area contributed by atoms with Gasteiger partial charge in [0.15, 0.2) is 0 Å². The number of para-hydroxylation sites is 2. The number of benzene rings is 2. The van der Waals surface area contributed by atoms with Gasteiger partial charge in [0.25, 0.3) is 0 Å². The maximum Gasteiger partial charge on any atom is 0.243 e.